The van der Waals surface area contributed by atoms with Gasteiger partial charge in [0.25, 0.3) is 5.56 Å². The van der Waals surface area contributed by atoms with E-state index >= 15 is 0 Å². The second-order valence-corrected chi connectivity index (χ2v) is 7.14. The van der Waals surface area contributed by atoms with Gasteiger partial charge in [-0.05, 0) is 31.7 Å². The van der Waals surface area contributed by atoms with Crippen LogP contribution in [0.5, 0.6) is 0 Å². The average molecular weight is 374 g/mol. The summed E-state index contributed by atoms with van der Waals surface area (Å²) in [4.78, 5) is 25.2. The summed E-state index contributed by atoms with van der Waals surface area (Å²) in [5.74, 6) is 0.620. The van der Waals surface area contributed by atoms with E-state index in [4.69, 9.17) is 28.9 Å². The van der Waals surface area contributed by atoms with Gasteiger partial charge >= 0.3 is 5.24 Å². The number of benzene rings is 1. The molecule has 8 heteroatoms. The molecule has 23 heavy (non-hydrogen) atoms. The highest BCUT2D eigenvalue weighted by Gasteiger charge is 2.27. The van der Waals surface area contributed by atoms with Crippen molar-refractivity contribution >= 4 is 46.0 Å². The van der Waals surface area contributed by atoms with Gasteiger partial charge in [0.15, 0.2) is 0 Å². The summed E-state index contributed by atoms with van der Waals surface area (Å²) in [7, 11) is 0. The van der Waals surface area contributed by atoms with E-state index in [1.54, 1.807) is 32.0 Å². The van der Waals surface area contributed by atoms with Crippen LogP contribution >= 0.6 is 35.0 Å². The summed E-state index contributed by atoms with van der Waals surface area (Å²) < 4.78 is 2.53. The third kappa shape index (κ3) is 3.16. The zero-order valence-electron chi connectivity index (χ0n) is 13.0. The highest BCUT2D eigenvalue weighted by Crippen LogP contribution is 2.36. The number of carbonyl (C=O) groups is 1. The Bertz CT molecular complexity index is 792. The van der Waals surface area contributed by atoms with Gasteiger partial charge in [-0.1, -0.05) is 48.0 Å². The molecule has 0 fully saturated rings. The third-order valence-electron chi connectivity index (χ3n) is 3.26. The normalized spacial score (nSPS) is 11.2. The first-order valence-corrected chi connectivity index (χ1v) is 8.79. The van der Waals surface area contributed by atoms with Crippen LogP contribution in [0.4, 0.5) is 10.6 Å². The van der Waals surface area contributed by atoms with Crippen molar-refractivity contribution in [3.63, 3.8) is 0 Å². The number of carbonyl (C=O) groups excluding carboxylic acids is 1. The van der Waals surface area contributed by atoms with E-state index in [0.29, 0.717) is 21.4 Å². The van der Waals surface area contributed by atoms with Crippen LogP contribution in [0.1, 0.15) is 26.8 Å². The van der Waals surface area contributed by atoms with E-state index in [0.717, 1.165) is 11.8 Å². The standard InChI is InChI=1S/C15H17Cl2N3O2S/c1-4-23-15(22)20-13(18)12(14(21)19(20)8(2)3)11-9(16)6-5-7-10(11)17/h5-8H,4,18H2,1-3H3. The summed E-state index contributed by atoms with van der Waals surface area (Å²) in [6, 6.07) is 4.68. The molecule has 0 aliphatic rings. The number of anilines is 1. The number of nitrogen functional groups attached to an aromatic ring is 1. The van der Waals surface area contributed by atoms with Crippen molar-refractivity contribution < 1.29 is 4.79 Å². The van der Waals surface area contributed by atoms with Crippen molar-refractivity contribution in [1.29, 1.82) is 0 Å². The summed E-state index contributed by atoms with van der Waals surface area (Å²) in [5, 5.41) is 0.306. The molecule has 0 bridgehead atoms. The molecule has 0 aliphatic carbocycles. The average Bonchev–Trinajstić information content (AvgIpc) is 2.72. The minimum absolute atomic E-state index is 0.0460. The molecule has 0 amide bonds. The summed E-state index contributed by atoms with van der Waals surface area (Å²) in [6.07, 6.45) is 0. The zero-order valence-corrected chi connectivity index (χ0v) is 15.3. The van der Waals surface area contributed by atoms with Gasteiger partial charge in [-0.2, -0.15) is 4.68 Å². The molecule has 1 aromatic heterocycles. The fourth-order valence-corrected chi connectivity index (χ4v) is 3.49. The van der Waals surface area contributed by atoms with Crippen molar-refractivity contribution in [2.75, 3.05) is 11.5 Å². The molecule has 2 aromatic rings. The Kier molecular flexibility index (Phi) is 5.49. The predicted molar refractivity (Wildman–Crippen MR) is 97.9 cm³/mol. The molecular weight excluding hydrogens is 357 g/mol. The summed E-state index contributed by atoms with van der Waals surface area (Å²) in [5.41, 5.74) is 6.24. The van der Waals surface area contributed by atoms with Crippen molar-refractivity contribution in [2.45, 2.75) is 26.8 Å². The molecule has 0 spiro atoms. The van der Waals surface area contributed by atoms with Gasteiger partial charge in [-0.25, -0.2) is 4.68 Å². The van der Waals surface area contributed by atoms with Crippen molar-refractivity contribution in [3.05, 3.63) is 38.6 Å². The molecule has 1 aromatic carbocycles. The van der Waals surface area contributed by atoms with Crippen molar-refractivity contribution in [1.82, 2.24) is 9.36 Å². The molecule has 0 atom stereocenters. The van der Waals surface area contributed by atoms with Gasteiger partial charge in [0.05, 0.1) is 15.6 Å². The molecule has 2 N–H and O–H groups in total. The van der Waals surface area contributed by atoms with Gasteiger partial charge in [-0.3, -0.25) is 9.59 Å². The lowest BCUT2D eigenvalue weighted by molar-refractivity contribution is 0.254. The maximum atomic E-state index is 12.8. The number of aromatic nitrogens is 2. The smallest absolute Gasteiger partial charge is 0.306 e. The maximum Gasteiger partial charge on any atom is 0.306 e. The molecule has 5 nitrogen and oxygen atoms in total. The van der Waals surface area contributed by atoms with Crippen LogP contribution in [0.25, 0.3) is 11.1 Å². The first kappa shape index (κ1) is 18.0. The Balaban J connectivity index is 2.85. The highest BCUT2D eigenvalue weighted by molar-refractivity contribution is 8.13. The second kappa shape index (κ2) is 7.03. The first-order chi connectivity index (χ1) is 10.8. The molecule has 0 radical (unpaired) electrons. The van der Waals surface area contributed by atoms with E-state index in [9.17, 15) is 9.59 Å². The predicted octanol–water partition coefficient (Wildman–Crippen LogP) is 4.51. The fourth-order valence-electron chi connectivity index (χ4n) is 2.34. The van der Waals surface area contributed by atoms with Crippen LogP contribution in [0.15, 0.2) is 23.0 Å². The van der Waals surface area contributed by atoms with Crippen LogP contribution in [-0.2, 0) is 0 Å². The topological polar surface area (TPSA) is 70.0 Å². The van der Waals surface area contributed by atoms with E-state index in [1.807, 2.05) is 6.92 Å². The Morgan fingerprint density at radius 3 is 2.30 bits per heavy atom. The number of nitrogens with two attached hydrogens (primary N) is 1. The third-order valence-corrected chi connectivity index (χ3v) is 4.60. The number of rotatable bonds is 3. The summed E-state index contributed by atoms with van der Waals surface area (Å²) in [6.45, 7) is 5.46. The van der Waals surface area contributed by atoms with Crippen molar-refractivity contribution in [2.24, 2.45) is 0 Å². The Morgan fingerprint density at radius 2 is 1.83 bits per heavy atom. The lowest BCUT2D eigenvalue weighted by atomic mass is 10.1. The number of hydrogen-bond acceptors (Lipinski definition) is 4. The monoisotopic (exact) mass is 373 g/mol. The number of hydrogen-bond donors (Lipinski definition) is 1. The van der Waals surface area contributed by atoms with Gasteiger partial charge in [0.1, 0.15) is 5.82 Å². The van der Waals surface area contributed by atoms with E-state index in [2.05, 4.69) is 0 Å². The second-order valence-electron chi connectivity index (χ2n) is 5.11. The molecule has 1 heterocycles. The number of nitrogens with zero attached hydrogens (tertiary/aromatic N) is 2. The van der Waals surface area contributed by atoms with Crippen molar-refractivity contribution in [3.8, 4) is 11.1 Å². The van der Waals surface area contributed by atoms with E-state index < -0.39 is 5.56 Å². The Hall–Kier alpha value is -1.37. The summed E-state index contributed by atoms with van der Waals surface area (Å²) >= 11 is 13.5. The minimum atomic E-state index is -0.391. The zero-order chi connectivity index (χ0) is 17.3. The van der Waals surface area contributed by atoms with E-state index in [1.165, 1.54) is 9.36 Å². The van der Waals surface area contributed by atoms with Gasteiger partial charge in [0.2, 0.25) is 0 Å². The largest absolute Gasteiger partial charge is 0.383 e. The van der Waals surface area contributed by atoms with Gasteiger partial charge < -0.3 is 5.73 Å². The molecule has 0 unspecified atom stereocenters. The lowest BCUT2D eigenvalue weighted by Crippen LogP contribution is -2.28. The quantitative estimate of drug-likeness (QED) is 0.858. The minimum Gasteiger partial charge on any atom is -0.383 e. The highest BCUT2D eigenvalue weighted by atomic mass is 35.5. The van der Waals surface area contributed by atoms with Crippen LogP contribution in [-0.4, -0.2) is 20.4 Å². The van der Waals surface area contributed by atoms with Gasteiger partial charge in [0, 0.05) is 11.6 Å². The SMILES string of the molecule is CCSC(=O)n1c(N)c(-c2c(Cl)cccc2Cl)c(=O)n1C(C)C. The molecule has 0 saturated heterocycles. The van der Waals surface area contributed by atoms with Gasteiger partial charge in [-0.15, -0.1) is 0 Å². The van der Waals surface area contributed by atoms with Crippen LogP contribution < -0.4 is 11.3 Å². The molecule has 0 aliphatic heterocycles. The molecule has 0 saturated carbocycles. The first-order valence-electron chi connectivity index (χ1n) is 7.05. The van der Waals surface area contributed by atoms with Crippen LogP contribution in [0.2, 0.25) is 10.0 Å². The lowest BCUT2D eigenvalue weighted by Gasteiger charge is -2.13. The molecule has 124 valence electrons. The van der Waals surface area contributed by atoms with E-state index in [-0.39, 0.29) is 22.7 Å². The Labute approximate surface area is 148 Å². The number of halogens is 2. The van der Waals surface area contributed by atoms with Crippen LogP contribution in [0, 0.1) is 0 Å². The molecule has 2 rings (SSSR count). The fraction of sp³-hybridized carbons (Fsp3) is 0.333. The van der Waals surface area contributed by atoms with Crippen LogP contribution in [0.3, 0.4) is 0 Å². The Morgan fingerprint density at radius 1 is 1.26 bits per heavy atom. The molecular formula is C15H17Cl2N3O2S. The maximum absolute atomic E-state index is 12.8. The number of thioether (sulfide) groups is 1.